The highest BCUT2D eigenvalue weighted by Gasteiger charge is 2.11. The fourth-order valence-electron chi connectivity index (χ4n) is 2.83. The summed E-state index contributed by atoms with van der Waals surface area (Å²) in [5.41, 5.74) is 3.10. The van der Waals surface area contributed by atoms with Crippen molar-refractivity contribution in [3.8, 4) is 11.4 Å². The maximum absolute atomic E-state index is 12.0. The number of H-pyrrole nitrogens is 1. The van der Waals surface area contributed by atoms with Crippen molar-refractivity contribution in [2.45, 2.75) is 0 Å². The molecule has 1 N–H and O–H groups in total. The van der Waals surface area contributed by atoms with E-state index in [2.05, 4.69) is 40.8 Å². The zero-order valence-electron chi connectivity index (χ0n) is 13.5. The lowest BCUT2D eigenvalue weighted by Crippen LogP contribution is -2.04. The van der Waals surface area contributed by atoms with E-state index in [9.17, 15) is 4.79 Å². The molecule has 0 amide bonds. The van der Waals surface area contributed by atoms with Gasteiger partial charge in [-0.25, -0.2) is 9.78 Å². The number of aromatic nitrogens is 2. The van der Waals surface area contributed by atoms with Crippen LogP contribution < -0.4 is 0 Å². The normalized spacial score (nSPS) is 10.9. The predicted octanol–water partition coefficient (Wildman–Crippen LogP) is 4.73. The number of ether oxygens (including phenoxy) is 1. The van der Waals surface area contributed by atoms with Crippen molar-refractivity contribution in [1.82, 2.24) is 9.97 Å². The number of imidazole rings is 1. The summed E-state index contributed by atoms with van der Waals surface area (Å²) in [6.07, 6.45) is 1.55. The Morgan fingerprint density at radius 2 is 1.92 bits per heavy atom. The van der Waals surface area contributed by atoms with E-state index < -0.39 is 0 Å². The summed E-state index contributed by atoms with van der Waals surface area (Å²) in [7, 11) is 0. The van der Waals surface area contributed by atoms with Crippen LogP contribution in [0.2, 0.25) is 0 Å². The standard InChI is InChI=1S/C21H16N2O2/c1-2-11-25-21(24)17-9-10-18-19(13-17)23-20(22-18)16-8-7-14-5-3-4-6-15(14)12-16/h2-10,12-13H,1,11H2,(H,22,23). The number of hydrogen-bond acceptors (Lipinski definition) is 3. The van der Waals surface area contributed by atoms with Crippen molar-refractivity contribution in [2.75, 3.05) is 6.61 Å². The lowest BCUT2D eigenvalue weighted by atomic mass is 10.1. The molecule has 0 fully saturated rings. The van der Waals surface area contributed by atoms with Crippen LogP contribution in [0.15, 0.2) is 73.3 Å². The SMILES string of the molecule is C=CCOC(=O)c1ccc2nc(-c3ccc4ccccc4c3)[nH]c2c1. The van der Waals surface area contributed by atoms with Gasteiger partial charge in [0.05, 0.1) is 16.6 Å². The van der Waals surface area contributed by atoms with Crippen LogP contribution in [0, 0.1) is 0 Å². The third kappa shape index (κ3) is 2.90. The highest BCUT2D eigenvalue weighted by Crippen LogP contribution is 2.25. The van der Waals surface area contributed by atoms with Crippen LogP contribution in [0.25, 0.3) is 33.2 Å². The van der Waals surface area contributed by atoms with E-state index in [0.717, 1.165) is 27.8 Å². The molecule has 122 valence electrons. The van der Waals surface area contributed by atoms with Crippen molar-refractivity contribution >= 4 is 27.8 Å². The molecule has 0 radical (unpaired) electrons. The summed E-state index contributed by atoms with van der Waals surface area (Å²) in [5, 5.41) is 2.35. The number of fused-ring (bicyclic) bond motifs is 2. The van der Waals surface area contributed by atoms with Gasteiger partial charge in [-0.1, -0.05) is 49.1 Å². The molecule has 0 aliphatic carbocycles. The Kier molecular flexibility index (Phi) is 3.78. The number of carbonyl (C=O) groups excluding carboxylic acids is 1. The molecule has 0 saturated carbocycles. The van der Waals surface area contributed by atoms with E-state index >= 15 is 0 Å². The molecule has 1 heterocycles. The summed E-state index contributed by atoms with van der Waals surface area (Å²) in [6.45, 7) is 3.74. The number of benzene rings is 3. The molecule has 0 aliphatic heterocycles. The molecular weight excluding hydrogens is 312 g/mol. The van der Waals surface area contributed by atoms with Crippen molar-refractivity contribution in [1.29, 1.82) is 0 Å². The summed E-state index contributed by atoms with van der Waals surface area (Å²) in [5.74, 6) is 0.404. The van der Waals surface area contributed by atoms with E-state index in [-0.39, 0.29) is 12.6 Å². The van der Waals surface area contributed by atoms with Gasteiger partial charge < -0.3 is 9.72 Å². The topological polar surface area (TPSA) is 55.0 Å². The second-order valence-electron chi connectivity index (χ2n) is 5.77. The number of nitrogens with zero attached hydrogens (tertiary/aromatic N) is 1. The first-order chi connectivity index (χ1) is 12.2. The summed E-state index contributed by atoms with van der Waals surface area (Å²) < 4.78 is 5.07. The summed E-state index contributed by atoms with van der Waals surface area (Å²) >= 11 is 0. The fraction of sp³-hybridized carbons (Fsp3) is 0.0476. The Morgan fingerprint density at radius 1 is 1.08 bits per heavy atom. The Morgan fingerprint density at radius 3 is 2.76 bits per heavy atom. The van der Waals surface area contributed by atoms with Gasteiger partial charge in [0.25, 0.3) is 0 Å². The summed E-state index contributed by atoms with van der Waals surface area (Å²) in [6, 6.07) is 19.7. The monoisotopic (exact) mass is 328 g/mol. The zero-order valence-corrected chi connectivity index (χ0v) is 13.5. The molecule has 0 aliphatic rings. The second-order valence-corrected chi connectivity index (χ2v) is 5.77. The average Bonchev–Trinajstić information content (AvgIpc) is 3.09. The smallest absolute Gasteiger partial charge is 0.338 e. The third-order valence-electron chi connectivity index (χ3n) is 4.07. The van der Waals surface area contributed by atoms with Crippen molar-refractivity contribution in [2.24, 2.45) is 0 Å². The molecule has 1 aromatic heterocycles. The molecule has 4 rings (SSSR count). The van der Waals surface area contributed by atoms with Gasteiger partial charge in [-0.2, -0.15) is 0 Å². The molecule has 0 saturated heterocycles. The fourth-order valence-corrected chi connectivity index (χ4v) is 2.83. The number of hydrogen-bond donors (Lipinski definition) is 1. The summed E-state index contributed by atoms with van der Waals surface area (Å²) in [4.78, 5) is 19.9. The molecule has 0 atom stereocenters. The van der Waals surface area contributed by atoms with Gasteiger partial charge in [0.1, 0.15) is 12.4 Å². The minimum Gasteiger partial charge on any atom is -0.458 e. The van der Waals surface area contributed by atoms with Gasteiger partial charge in [-0.15, -0.1) is 0 Å². The Balaban J connectivity index is 1.72. The van der Waals surface area contributed by atoms with E-state index in [4.69, 9.17) is 4.74 Å². The van der Waals surface area contributed by atoms with Crippen molar-refractivity contribution in [3.05, 3.63) is 78.9 Å². The van der Waals surface area contributed by atoms with Gasteiger partial charge in [-0.05, 0) is 35.0 Å². The molecule has 4 nitrogen and oxygen atoms in total. The largest absolute Gasteiger partial charge is 0.458 e. The van der Waals surface area contributed by atoms with Crippen LogP contribution in [0.1, 0.15) is 10.4 Å². The Labute approximate surface area is 144 Å². The second kappa shape index (κ2) is 6.24. The predicted molar refractivity (Wildman–Crippen MR) is 99.5 cm³/mol. The number of rotatable bonds is 4. The van der Waals surface area contributed by atoms with Gasteiger partial charge in [0.15, 0.2) is 0 Å². The number of carbonyl (C=O) groups is 1. The quantitative estimate of drug-likeness (QED) is 0.435. The van der Waals surface area contributed by atoms with E-state index in [1.54, 1.807) is 18.2 Å². The number of nitrogens with one attached hydrogen (secondary N) is 1. The van der Waals surface area contributed by atoms with Crippen LogP contribution in [0.4, 0.5) is 0 Å². The van der Waals surface area contributed by atoms with Gasteiger partial charge in [-0.3, -0.25) is 0 Å². The first-order valence-corrected chi connectivity index (χ1v) is 8.01. The van der Waals surface area contributed by atoms with Crippen molar-refractivity contribution < 1.29 is 9.53 Å². The molecule has 0 bridgehead atoms. The molecule has 0 spiro atoms. The maximum atomic E-state index is 12.0. The minimum atomic E-state index is -0.372. The first-order valence-electron chi connectivity index (χ1n) is 8.01. The number of aromatic amines is 1. The molecule has 25 heavy (non-hydrogen) atoms. The van der Waals surface area contributed by atoms with Crippen LogP contribution in [0.3, 0.4) is 0 Å². The molecule has 4 aromatic rings. The highest BCUT2D eigenvalue weighted by molar-refractivity contribution is 5.94. The Bertz CT molecular complexity index is 1100. The minimum absolute atomic E-state index is 0.197. The average molecular weight is 328 g/mol. The van der Waals surface area contributed by atoms with Crippen molar-refractivity contribution in [3.63, 3.8) is 0 Å². The van der Waals surface area contributed by atoms with E-state index in [0.29, 0.717) is 5.56 Å². The lowest BCUT2D eigenvalue weighted by molar-refractivity contribution is 0.0550. The van der Waals surface area contributed by atoms with Crippen LogP contribution in [-0.4, -0.2) is 22.5 Å². The first kappa shape index (κ1) is 15.1. The van der Waals surface area contributed by atoms with E-state index in [1.807, 2.05) is 24.3 Å². The van der Waals surface area contributed by atoms with Crippen LogP contribution in [0.5, 0.6) is 0 Å². The lowest BCUT2D eigenvalue weighted by Gasteiger charge is -2.01. The molecule has 4 heteroatoms. The van der Waals surface area contributed by atoms with Gasteiger partial charge >= 0.3 is 5.97 Å². The van der Waals surface area contributed by atoms with Gasteiger partial charge in [0.2, 0.25) is 0 Å². The molecule has 0 unspecified atom stereocenters. The third-order valence-corrected chi connectivity index (χ3v) is 4.07. The zero-order chi connectivity index (χ0) is 17.2. The van der Waals surface area contributed by atoms with Crippen LogP contribution >= 0.6 is 0 Å². The highest BCUT2D eigenvalue weighted by atomic mass is 16.5. The molecular formula is C21H16N2O2. The van der Waals surface area contributed by atoms with Gasteiger partial charge in [0, 0.05) is 5.56 Å². The maximum Gasteiger partial charge on any atom is 0.338 e. The Hall–Kier alpha value is -3.40. The molecule has 3 aromatic carbocycles. The number of esters is 1. The van der Waals surface area contributed by atoms with Crippen LogP contribution in [-0.2, 0) is 4.74 Å². The van der Waals surface area contributed by atoms with E-state index in [1.165, 1.54) is 5.39 Å².